The van der Waals surface area contributed by atoms with Crippen molar-refractivity contribution in [2.75, 3.05) is 19.1 Å². The van der Waals surface area contributed by atoms with Gasteiger partial charge in [0, 0.05) is 32.6 Å². The SMILES string of the molecule is CCC(C)c1ccc(OC)c2ccccc12.COc1ccc(N(c2ccccc2)c2cc3c(c4ccccc24)-c2ccc(C)cc2C3(C)C)c2ccccc12.Cc1ccccc1. The van der Waals surface area contributed by atoms with Crippen molar-refractivity contribution in [3.05, 3.63) is 210 Å². The number of hydrogen-bond donors (Lipinski definition) is 0. The number of anilines is 3. The molecular weight excluding hydrogens is 755 g/mol. The molecule has 0 aliphatic heterocycles. The van der Waals surface area contributed by atoms with Gasteiger partial charge in [0.1, 0.15) is 11.5 Å². The van der Waals surface area contributed by atoms with E-state index in [0.29, 0.717) is 5.92 Å². The molecule has 1 aliphatic carbocycles. The number of para-hydroxylation sites is 1. The first-order valence-corrected chi connectivity index (χ1v) is 21.8. The topological polar surface area (TPSA) is 21.7 Å². The molecule has 1 aliphatic rings. The first kappa shape index (κ1) is 41.9. The maximum absolute atomic E-state index is 5.76. The molecule has 0 amide bonds. The third-order valence-electron chi connectivity index (χ3n) is 12.6. The first-order chi connectivity index (χ1) is 30.2. The molecule has 0 radical (unpaired) electrons. The molecule has 9 aromatic carbocycles. The summed E-state index contributed by atoms with van der Waals surface area (Å²) in [5.41, 5.74) is 12.9. The highest BCUT2D eigenvalue weighted by molar-refractivity contribution is 6.12. The Morgan fingerprint density at radius 1 is 0.484 bits per heavy atom. The highest BCUT2D eigenvalue weighted by atomic mass is 16.5. The lowest BCUT2D eigenvalue weighted by Crippen LogP contribution is -2.17. The zero-order valence-corrected chi connectivity index (χ0v) is 37.4. The van der Waals surface area contributed by atoms with Crippen LogP contribution in [0.1, 0.15) is 67.9 Å². The van der Waals surface area contributed by atoms with Gasteiger partial charge in [-0.05, 0) is 101 Å². The van der Waals surface area contributed by atoms with Gasteiger partial charge in [0.05, 0.1) is 25.6 Å². The van der Waals surface area contributed by atoms with Crippen molar-refractivity contribution in [1.82, 2.24) is 0 Å². The van der Waals surface area contributed by atoms with Crippen LogP contribution in [0.15, 0.2) is 182 Å². The molecule has 0 bridgehead atoms. The minimum atomic E-state index is -0.111. The molecule has 0 fully saturated rings. The Bertz CT molecular complexity index is 2990. The average Bonchev–Trinajstić information content (AvgIpc) is 3.54. The molecule has 0 N–H and O–H groups in total. The van der Waals surface area contributed by atoms with Crippen molar-refractivity contribution in [3.8, 4) is 22.6 Å². The van der Waals surface area contributed by atoms with Gasteiger partial charge < -0.3 is 14.4 Å². The first-order valence-electron chi connectivity index (χ1n) is 21.8. The Balaban J connectivity index is 0.000000188. The fraction of sp³-hybridized carbons (Fsp3) is 0.186. The molecule has 10 rings (SSSR count). The second-order valence-electron chi connectivity index (χ2n) is 16.9. The van der Waals surface area contributed by atoms with E-state index in [1.54, 1.807) is 14.2 Å². The van der Waals surface area contributed by atoms with E-state index >= 15 is 0 Å². The van der Waals surface area contributed by atoms with Crippen LogP contribution in [-0.2, 0) is 5.41 Å². The average molecular weight is 812 g/mol. The molecule has 1 unspecified atom stereocenters. The summed E-state index contributed by atoms with van der Waals surface area (Å²) < 4.78 is 11.2. The third kappa shape index (κ3) is 7.92. The number of methoxy groups -OCH3 is 2. The normalized spacial score (nSPS) is 12.6. The summed E-state index contributed by atoms with van der Waals surface area (Å²) >= 11 is 0. The molecule has 310 valence electrons. The molecule has 0 spiro atoms. The molecule has 9 aromatic rings. The van der Waals surface area contributed by atoms with Crippen LogP contribution in [0.5, 0.6) is 11.5 Å². The molecule has 0 heterocycles. The zero-order valence-electron chi connectivity index (χ0n) is 37.4. The zero-order chi connectivity index (χ0) is 43.4. The summed E-state index contributed by atoms with van der Waals surface area (Å²) in [6.07, 6.45) is 1.16. The number of fused-ring (bicyclic) bond motifs is 7. The maximum atomic E-state index is 5.76. The lowest BCUT2D eigenvalue weighted by molar-refractivity contribution is 0.419. The highest BCUT2D eigenvalue weighted by Gasteiger charge is 2.38. The van der Waals surface area contributed by atoms with E-state index in [1.165, 1.54) is 66.2 Å². The lowest BCUT2D eigenvalue weighted by atomic mass is 9.81. The number of aryl methyl sites for hydroxylation is 2. The largest absolute Gasteiger partial charge is 0.496 e. The molecule has 0 aromatic heterocycles. The summed E-state index contributed by atoms with van der Waals surface area (Å²) in [7, 11) is 3.47. The standard InChI is InChI=1S/C37H31NO.C15H18O.C7H8/c1-24-18-19-30-31(22-24)37(2,3)32-23-34(27-15-9-11-17-29(27)36(30)32)38(25-12-6-5-7-13-25)33-20-21-35(39-4)28-16-10-8-14-26(28)33;1-4-11(2)12-9-10-15(16-3)14-8-6-5-7-13(12)14;1-7-5-3-2-4-6-7/h5-23H,1-4H3;5-11H,4H2,1-3H3;2-6H,1H3. The number of ether oxygens (including phenoxy) is 2. The molecular formula is C59H57NO2. The Hall–Kier alpha value is -6.84. The summed E-state index contributed by atoms with van der Waals surface area (Å²) in [5, 5.41) is 7.32. The molecule has 62 heavy (non-hydrogen) atoms. The van der Waals surface area contributed by atoms with Crippen molar-refractivity contribution in [3.63, 3.8) is 0 Å². The van der Waals surface area contributed by atoms with Gasteiger partial charge in [0.15, 0.2) is 0 Å². The summed E-state index contributed by atoms with van der Waals surface area (Å²) in [5.74, 6) is 2.44. The Labute approximate surface area is 368 Å². The van der Waals surface area contributed by atoms with Crippen LogP contribution in [0.3, 0.4) is 0 Å². The van der Waals surface area contributed by atoms with E-state index in [0.717, 1.165) is 40.1 Å². The van der Waals surface area contributed by atoms with Crippen LogP contribution < -0.4 is 14.4 Å². The van der Waals surface area contributed by atoms with Crippen molar-refractivity contribution in [2.45, 2.75) is 59.3 Å². The number of hydrogen-bond acceptors (Lipinski definition) is 3. The lowest BCUT2D eigenvalue weighted by Gasteiger charge is -2.30. The molecule has 0 saturated heterocycles. The van der Waals surface area contributed by atoms with Crippen molar-refractivity contribution in [1.29, 1.82) is 0 Å². The van der Waals surface area contributed by atoms with Gasteiger partial charge >= 0.3 is 0 Å². The molecule has 1 atom stereocenters. The predicted octanol–water partition coefficient (Wildman–Crippen LogP) is 16.4. The second kappa shape index (κ2) is 18.0. The Kier molecular flexibility index (Phi) is 12.2. The van der Waals surface area contributed by atoms with Crippen LogP contribution in [0.4, 0.5) is 17.1 Å². The smallest absolute Gasteiger partial charge is 0.126 e. The quantitative estimate of drug-likeness (QED) is 0.160. The van der Waals surface area contributed by atoms with E-state index in [2.05, 4.69) is 210 Å². The van der Waals surface area contributed by atoms with Crippen LogP contribution in [0.2, 0.25) is 0 Å². The molecule has 0 saturated carbocycles. The van der Waals surface area contributed by atoms with Gasteiger partial charge in [-0.25, -0.2) is 0 Å². The van der Waals surface area contributed by atoms with Crippen molar-refractivity contribution in [2.24, 2.45) is 0 Å². The van der Waals surface area contributed by atoms with E-state index in [1.807, 2.05) is 18.2 Å². The van der Waals surface area contributed by atoms with Crippen molar-refractivity contribution >= 4 is 49.4 Å². The van der Waals surface area contributed by atoms with Crippen LogP contribution >= 0.6 is 0 Å². The third-order valence-corrected chi connectivity index (χ3v) is 12.6. The van der Waals surface area contributed by atoms with Gasteiger partial charge in [-0.3, -0.25) is 0 Å². The monoisotopic (exact) mass is 811 g/mol. The molecule has 3 nitrogen and oxygen atoms in total. The minimum Gasteiger partial charge on any atom is -0.496 e. The molecule has 3 heteroatoms. The van der Waals surface area contributed by atoms with Crippen molar-refractivity contribution < 1.29 is 9.47 Å². The van der Waals surface area contributed by atoms with Crippen LogP contribution in [-0.4, -0.2) is 14.2 Å². The number of nitrogens with zero attached hydrogens (tertiary/aromatic N) is 1. The van der Waals surface area contributed by atoms with E-state index in [-0.39, 0.29) is 5.41 Å². The van der Waals surface area contributed by atoms with Gasteiger partial charge in [0.2, 0.25) is 0 Å². The van der Waals surface area contributed by atoms with Crippen LogP contribution in [0, 0.1) is 13.8 Å². The number of benzene rings is 9. The highest BCUT2D eigenvalue weighted by Crippen LogP contribution is 2.55. The summed E-state index contributed by atoms with van der Waals surface area (Å²) in [6, 6.07) is 64.8. The second-order valence-corrected chi connectivity index (χ2v) is 16.9. The Morgan fingerprint density at radius 3 is 1.58 bits per heavy atom. The van der Waals surface area contributed by atoms with E-state index in [4.69, 9.17) is 9.47 Å². The van der Waals surface area contributed by atoms with Gasteiger partial charge in [-0.1, -0.05) is 184 Å². The summed E-state index contributed by atoms with van der Waals surface area (Å²) in [4.78, 5) is 2.43. The fourth-order valence-electron chi connectivity index (χ4n) is 9.13. The van der Waals surface area contributed by atoms with E-state index < -0.39 is 0 Å². The van der Waals surface area contributed by atoms with E-state index in [9.17, 15) is 0 Å². The minimum absolute atomic E-state index is 0.111. The van der Waals surface area contributed by atoms with Gasteiger partial charge in [-0.15, -0.1) is 0 Å². The number of rotatable bonds is 7. The van der Waals surface area contributed by atoms with Gasteiger partial charge in [-0.2, -0.15) is 0 Å². The predicted molar refractivity (Wildman–Crippen MR) is 265 cm³/mol. The maximum Gasteiger partial charge on any atom is 0.126 e. The fourth-order valence-corrected chi connectivity index (χ4v) is 9.13. The Morgan fingerprint density at radius 2 is 1.00 bits per heavy atom. The summed E-state index contributed by atoms with van der Waals surface area (Å²) in [6.45, 7) is 13.5. The van der Waals surface area contributed by atoms with Crippen LogP contribution in [0.25, 0.3) is 43.4 Å². The van der Waals surface area contributed by atoms with Gasteiger partial charge in [0.25, 0.3) is 0 Å².